The molecule has 0 radical (unpaired) electrons. The van der Waals surface area contributed by atoms with E-state index in [2.05, 4.69) is 17.2 Å². The van der Waals surface area contributed by atoms with Gasteiger partial charge in [0, 0.05) is 11.4 Å². The van der Waals surface area contributed by atoms with Gasteiger partial charge >= 0.3 is 6.09 Å². The van der Waals surface area contributed by atoms with Crippen LogP contribution in [0.15, 0.2) is 24.3 Å². The lowest BCUT2D eigenvalue weighted by Crippen LogP contribution is -2.32. The van der Waals surface area contributed by atoms with Gasteiger partial charge in [-0.1, -0.05) is 24.0 Å². The number of nitrogens with one attached hydrogen (secondary N) is 1. The fraction of sp³-hybridized carbons (Fsp3) is 0.400. The predicted octanol–water partition coefficient (Wildman–Crippen LogP) is 3.30. The zero-order valence-corrected chi connectivity index (χ0v) is 12.2. The van der Waals surface area contributed by atoms with E-state index in [1.54, 1.807) is 0 Å². The molecule has 0 spiro atoms. The molecule has 0 fully saturated rings. The van der Waals surface area contributed by atoms with E-state index >= 15 is 0 Å². The summed E-state index contributed by atoms with van der Waals surface area (Å²) >= 11 is 5.70. The third-order valence-electron chi connectivity index (χ3n) is 2.06. The fourth-order valence-electron chi connectivity index (χ4n) is 1.25. The first-order valence-electron chi connectivity index (χ1n) is 6.01. The number of hydrogen-bond donors (Lipinski definition) is 1. The smallest absolute Gasteiger partial charge is 0.408 e. The molecule has 0 aromatic heterocycles. The van der Waals surface area contributed by atoms with Crippen LogP contribution in [-0.2, 0) is 10.6 Å². The normalized spacial score (nSPS) is 10.3. The van der Waals surface area contributed by atoms with Crippen molar-refractivity contribution in [2.45, 2.75) is 32.3 Å². The SMILES string of the molecule is CC(C)(C)OC(=O)NCC#Cc1ccc(CCl)cc1. The number of amides is 1. The van der Waals surface area contributed by atoms with E-state index in [4.69, 9.17) is 16.3 Å². The Labute approximate surface area is 119 Å². The van der Waals surface area contributed by atoms with E-state index in [-0.39, 0.29) is 6.54 Å². The van der Waals surface area contributed by atoms with E-state index in [1.807, 2.05) is 45.0 Å². The summed E-state index contributed by atoms with van der Waals surface area (Å²) in [4.78, 5) is 11.3. The van der Waals surface area contributed by atoms with Crippen LogP contribution in [0.2, 0.25) is 0 Å². The van der Waals surface area contributed by atoms with Crippen molar-refractivity contribution >= 4 is 17.7 Å². The Hall–Kier alpha value is -1.66. The summed E-state index contributed by atoms with van der Waals surface area (Å²) in [5.41, 5.74) is 1.45. The maximum Gasteiger partial charge on any atom is 0.408 e. The quantitative estimate of drug-likeness (QED) is 0.666. The molecule has 1 N–H and O–H groups in total. The summed E-state index contributed by atoms with van der Waals surface area (Å²) in [6.07, 6.45) is -0.459. The second kappa shape index (κ2) is 7.06. The molecular formula is C15H18ClNO2. The van der Waals surface area contributed by atoms with Crippen LogP contribution in [0.25, 0.3) is 0 Å². The molecule has 0 aliphatic carbocycles. The second-order valence-corrected chi connectivity index (χ2v) is 5.26. The van der Waals surface area contributed by atoms with Crippen molar-refractivity contribution in [3.8, 4) is 11.8 Å². The molecule has 1 aromatic carbocycles. The molecule has 19 heavy (non-hydrogen) atoms. The topological polar surface area (TPSA) is 38.3 Å². The summed E-state index contributed by atoms with van der Waals surface area (Å²) in [6, 6.07) is 7.66. The van der Waals surface area contributed by atoms with Gasteiger partial charge in [0.25, 0.3) is 0 Å². The lowest BCUT2D eigenvalue weighted by molar-refractivity contribution is 0.0535. The minimum absolute atomic E-state index is 0.256. The van der Waals surface area contributed by atoms with E-state index in [9.17, 15) is 4.79 Å². The van der Waals surface area contributed by atoms with Gasteiger partial charge in [0.1, 0.15) is 5.60 Å². The van der Waals surface area contributed by atoms with Crippen molar-refractivity contribution in [1.29, 1.82) is 0 Å². The highest BCUT2D eigenvalue weighted by molar-refractivity contribution is 6.17. The van der Waals surface area contributed by atoms with Crippen molar-refractivity contribution in [1.82, 2.24) is 5.32 Å². The van der Waals surface area contributed by atoms with Gasteiger partial charge in [0.05, 0.1) is 6.54 Å². The predicted molar refractivity (Wildman–Crippen MR) is 77.1 cm³/mol. The molecule has 4 heteroatoms. The number of rotatable bonds is 2. The first kappa shape index (κ1) is 15.4. The molecule has 0 saturated heterocycles. The lowest BCUT2D eigenvalue weighted by Gasteiger charge is -2.18. The standard InChI is InChI=1S/C15H18ClNO2/c1-15(2,3)19-14(18)17-10-4-5-12-6-8-13(11-16)9-7-12/h6-9H,10-11H2,1-3H3,(H,17,18). The van der Waals surface area contributed by atoms with Crippen LogP contribution in [0.5, 0.6) is 0 Å². The van der Waals surface area contributed by atoms with Gasteiger partial charge in [-0.2, -0.15) is 0 Å². The van der Waals surface area contributed by atoms with Crippen molar-refractivity contribution in [2.24, 2.45) is 0 Å². The van der Waals surface area contributed by atoms with E-state index in [0.29, 0.717) is 5.88 Å². The zero-order valence-electron chi connectivity index (χ0n) is 11.4. The molecule has 3 nitrogen and oxygen atoms in total. The van der Waals surface area contributed by atoms with Gasteiger partial charge in [-0.25, -0.2) is 4.79 Å². The summed E-state index contributed by atoms with van der Waals surface area (Å²) in [7, 11) is 0. The average Bonchev–Trinajstić information content (AvgIpc) is 2.33. The monoisotopic (exact) mass is 279 g/mol. The van der Waals surface area contributed by atoms with Crippen molar-refractivity contribution in [2.75, 3.05) is 6.54 Å². The molecule has 102 valence electrons. The van der Waals surface area contributed by atoms with Crippen LogP contribution in [0.1, 0.15) is 31.9 Å². The summed E-state index contributed by atoms with van der Waals surface area (Å²) in [6.45, 7) is 5.70. The van der Waals surface area contributed by atoms with Crippen LogP contribution in [0.3, 0.4) is 0 Å². The Balaban J connectivity index is 2.40. The summed E-state index contributed by atoms with van der Waals surface area (Å²) in [5.74, 6) is 6.31. The van der Waals surface area contributed by atoms with Gasteiger partial charge in [-0.15, -0.1) is 11.6 Å². The molecular weight excluding hydrogens is 262 g/mol. The minimum atomic E-state index is -0.491. The minimum Gasteiger partial charge on any atom is -0.444 e. The van der Waals surface area contributed by atoms with Crippen LogP contribution >= 0.6 is 11.6 Å². The molecule has 0 unspecified atom stereocenters. The van der Waals surface area contributed by atoms with Gasteiger partial charge in [0.15, 0.2) is 0 Å². The number of hydrogen-bond acceptors (Lipinski definition) is 2. The zero-order chi connectivity index (χ0) is 14.3. The van der Waals surface area contributed by atoms with E-state index in [1.165, 1.54) is 0 Å². The van der Waals surface area contributed by atoms with Crippen molar-refractivity contribution < 1.29 is 9.53 Å². The Bertz CT molecular complexity index is 478. The van der Waals surface area contributed by atoms with Gasteiger partial charge in [-0.05, 0) is 38.5 Å². The largest absolute Gasteiger partial charge is 0.444 e. The molecule has 0 heterocycles. The average molecular weight is 280 g/mol. The number of benzene rings is 1. The molecule has 1 amide bonds. The Kier molecular flexibility index (Phi) is 5.72. The lowest BCUT2D eigenvalue weighted by atomic mass is 10.1. The molecule has 1 rings (SSSR count). The van der Waals surface area contributed by atoms with Gasteiger partial charge < -0.3 is 10.1 Å². The van der Waals surface area contributed by atoms with Gasteiger partial charge in [0.2, 0.25) is 0 Å². The summed E-state index contributed by atoms with van der Waals surface area (Å²) in [5, 5.41) is 2.58. The first-order valence-corrected chi connectivity index (χ1v) is 6.55. The Morgan fingerprint density at radius 3 is 2.47 bits per heavy atom. The second-order valence-electron chi connectivity index (χ2n) is 4.99. The number of alkyl carbamates (subject to hydrolysis) is 1. The number of alkyl halides is 1. The molecule has 0 aliphatic rings. The Morgan fingerprint density at radius 1 is 1.32 bits per heavy atom. The van der Waals surface area contributed by atoms with Crippen LogP contribution in [0, 0.1) is 11.8 Å². The number of carbonyl (C=O) groups is 1. The van der Waals surface area contributed by atoms with Crippen LogP contribution in [-0.4, -0.2) is 18.2 Å². The highest BCUT2D eigenvalue weighted by atomic mass is 35.5. The van der Waals surface area contributed by atoms with Crippen LogP contribution in [0.4, 0.5) is 4.79 Å². The maximum absolute atomic E-state index is 11.3. The van der Waals surface area contributed by atoms with Crippen molar-refractivity contribution in [3.63, 3.8) is 0 Å². The van der Waals surface area contributed by atoms with Crippen molar-refractivity contribution in [3.05, 3.63) is 35.4 Å². The fourth-order valence-corrected chi connectivity index (χ4v) is 1.43. The highest BCUT2D eigenvalue weighted by Crippen LogP contribution is 2.06. The molecule has 0 aliphatic heterocycles. The molecule has 1 aromatic rings. The third-order valence-corrected chi connectivity index (χ3v) is 2.37. The molecule has 0 saturated carbocycles. The van der Waals surface area contributed by atoms with E-state index in [0.717, 1.165) is 11.1 Å². The number of carbonyl (C=O) groups excluding carboxylic acids is 1. The highest BCUT2D eigenvalue weighted by Gasteiger charge is 2.14. The molecule has 0 atom stereocenters. The van der Waals surface area contributed by atoms with E-state index < -0.39 is 11.7 Å². The number of ether oxygens (including phenoxy) is 1. The summed E-state index contributed by atoms with van der Waals surface area (Å²) < 4.78 is 5.09. The maximum atomic E-state index is 11.3. The van der Waals surface area contributed by atoms with Gasteiger partial charge in [-0.3, -0.25) is 0 Å². The number of halogens is 1. The Morgan fingerprint density at radius 2 is 1.95 bits per heavy atom. The molecule has 0 bridgehead atoms. The third kappa shape index (κ3) is 6.73. The first-order chi connectivity index (χ1) is 8.90. The van der Waals surface area contributed by atoms with Crippen LogP contribution < -0.4 is 5.32 Å².